The van der Waals surface area contributed by atoms with Crippen LogP contribution in [0, 0.1) is 5.92 Å². The maximum Gasteiger partial charge on any atom is 0.163 e. The minimum atomic E-state index is -0.638. The topological polar surface area (TPSA) is 54.0 Å². The second kappa shape index (κ2) is 7.88. The largest absolute Gasteiger partial charge is 0.378 e. The van der Waals surface area contributed by atoms with E-state index in [1.807, 2.05) is 20.8 Å². The highest BCUT2D eigenvalue weighted by atomic mass is 16.8. The van der Waals surface area contributed by atoms with Crippen molar-refractivity contribution in [1.29, 1.82) is 0 Å². The van der Waals surface area contributed by atoms with Crippen molar-refractivity contribution >= 4 is 5.78 Å². The average molecular weight is 326 g/mol. The molecule has 1 saturated carbocycles. The molecule has 1 saturated heterocycles. The van der Waals surface area contributed by atoms with Gasteiger partial charge < -0.3 is 18.9 Å². The molecule has 0 amide bonds. The van der Waals surface area contributed by atoms with Gasteiger partial charge in [0.15, 0.2) is 5.79 Å². The molecule has 132 valence electrons. The van der Waals surface area contributed by atoms with E-state index in [0.29, 0.717) is 25.2 Å². The molecule has 2 aliphatic rings. The fourth-order valence-corrected chi connectivity index (χ4v) is 3.79. The van der Waals surface area contributed by atoms with E-state index in [1.54, 1.807) is 13.2 Å². The number of hydrogen-bond donors (Lipinski definition) is 0. The second-order valence-corrected chi connectivity index (χ2v) is 6.99. The van der Waals surface area contributed by atoms with Crippen LogP contribution in [0.3, 0.4) is 0 Å². The summed E-state index contributed by atoms with van der Waals surface area (Å²) >= 11 is 0. The monoisotopic (exact) mass is 326 g/mol. The Morgan fingerprint density at radius 2 is 2.13 bits per heavy atom. The normalized spacial score (nSPS) is 33.4. The molecule has 5 nitrogen and oxygen atoms in total. The summed E-state index contributed by atoms with van der Waals surface area (Å²) in [5, 5.41) is 0. The van der Waals surface area contributed by atoms with E-state index in [4.69, 9.17) is 18.9 Å². The second-order valence-electron chi connectivity index (χ2n) is 6.99. The maximum atomic E-state index is 11.9. The predicted octanol–water partition coefficient (Wildman–Crippen LogP) is 2.87. The van der Waals surface area contributed by atoms with Crippen LogP contribution in [-0.2, 0) is 23.7 Å². The van der Waals surface area contributed by atoms with Gasteiger partial charge in [-0.3, -0.25) is 4.79 Å². The summed E-state index contributed by atoms with van der Waals surface area (Å²) in [6.45, 7) is 9.93. The summed E-state index contributed by atoms with van der Waals surface area (Å²) in [4.78, 5) is 11.9. The molecule has 23 heavy (non-hydrogen) atoms. The molecule has 0 aromatic carbocycles. The molecular weight excluding hydrogens is 296 g/mol. The van der Waals surface area contributed by atoms with Crippen LogP contribution in [0.15, 0.2) is 12.7 Å². The van der Waals surface area contributed by atoms with Crippen LogP contribution in [0.4, 0.5) is 0 Å². The van der Waals surface area contributed by atoms with Gasteiger partial charge in [-0.2, -0.15) is 0 Å². The third kappa shape index (κ3) is 4.63. The Hall–Kier alpha value is -0.750. The van der Waals surface area contributed by atoms with Gasteiger partial charge in [0.05, 0.1) is 18.8 Å². The molecular formula is C18H30O5. The fraction of sp³-hybridized carbons (Fsp3) is 0.833. The third-order valence-corrected chi connectivity index (χ3v) is 4.66. The summed E-state index contributed by atoms with van der Waals surface area (Å²) in [6, 6.07) is 0. The summed E-state index contributed by atoms with van der Waals surface area (Å²) in [6.07, 6.45) is 4.04. The van der Waals surface area contributed by atoms with Gasteiger partial charge in [0.1, 0.15) is 18.0 Å². The van der Waals surface area contributed by atoms with Crippen molar-refractivity contribution < 1.29 is 23.7 Å². The lowest BCUT2D eigenvalue weighted by Gasteiger charge is -2.37. The van der Waals surface area contributed by atoms with Crippen LogP contribution < -0.4 is 0 Å². The highest BCUT2D eigenvalue weighted by Crippen LogP contribution is 2.36. The van der Waals surface area contributed by atoms with Gasteiger partial charge in [-0.1, -0.05) is 6.08 Å². The summed E-state index contributed by atoms with van der Waals surface area (Å²) in [5.41, 5.74) is 0. The average Bonchev–Trinajstić information content (AvgIpc) is 2.76. The molecule has 1 aliphatic carbocycles. The quantitative estimate of drug-likeness (QED) is 0.673. The van der Waals surface area contributed by atoms with Gasteiger partial charge in [0.25, 0.3) is 0 Å². The van der Waals surface area contributed by atoms with Gasteiger partial charge in [-0.25, -0.2) is 0 Å². The Labute approximate surface area is 139 Å². The third-order valence-electron chi connectivity index (χ3n) is 4.66. The SMILES string of the molecule is C=CCOC([C@@H](OC)[C@@H]1CCCC(=O)C1)[C@H]1OC(C)(C)O[C@@H]1C. The number of rotatable bonds is 7. The van der Waals surface area contributed by atoms with E-state index in [9.17, 15) is 4.79 Å². The molecule has 1 heterocycles. The molecule has 0 spiro atoms. The highest BCUT2D eigenvalue weighted by molar-refractivity contribution is 5.79. The first-order valence-electron chi connectivity index (χ1n) is 8.50. The molecule has 0 radical (unpaired) electrons. The summed E-state index contributed by atoms with van der Waals surface area (Å²) in [7, 11) is 1.68. The smallest absolute Gasteiger partial charge is 0.163 e. The highest BCUT2D eigenvalue weighted by Gasteiger charge is 2.48. The van der Waals surface area contributed by atoms with Crippen LogP contribution in [0.1, 0.15) is 46.5 Å². The van der Waals surface area contributed by atoms with Gasteiger partial charge >= 0.3 is 0 Å². The Morgan fingerprint density at radius 1 is 1.39 bits per heavy atom. The molecule has 5 heteroatoms. The zero-order valence-corrected chi connectivity index (χ0v) is 14.7. The van der Waals surface area contributed by atoms with Crippen molar-refractivity contribution in [3.05, 3.63) is 12.7 Å². The first kappa shape index (κ1) is 18.6. The number of ketones is 1. The van der Waals surface area contributed by atoms with Gasteiger partial charge in [-0.05, 0) is 39.5 Å². The van der Waals surface area contributed by atoms with Crippen molar-refractivity contribution in [2.45, 2.75) is 76.7 Å². The van der Waals surface area contributed by atoms with E-state index in [0.717, 1.165) is 12.8 Å². The van der Waals surface area contributed by atoms with Crippen LogP contribution in [0.2, 0.25) is 0 Å². The lowest BCUT2D eigenvalue weighted by Crippen LogP contribution is -2.49. The molecule has 1 unspecified atom stereocenters. The molecule has 2 fully saturated rings. The van der Waals surface area contributed by atoms with E-state index in [2.05, 4.69) is 6.58 Å². The molecule has 0 bridgehead atoms. The van der Waals surface area contributed by atoms with E-state index >= 15 is 0 Å². The number of ether oxygens (including phenoxy) is 4. The standard InChI is InChI=1S/C18H30O5/c1-6-10-21-17(15-12(2)22-18(3,4)23-15)16(20-5)13-8-7-9-14(19)11-13/h6,12-13,15-17H,1,7-11H2,2-5H3/t12-,13-,15+,16+,17?/m1/s1. The van der Waals surface area contributed by atoms with Crippen molar-refractivity contribution in [2.75, 3.05) is 13.7 Å². The van der Waals surface area contributed by atoms with E-state index in [1.165, 1.54) is 0 Å². The van der Waals surface area contributed by atoms with Crippen LogP contribution in [0.5, 0.6) is 0 Å². The number of methoxy groups -OCH3 is 1. The van der Waals surface area contributed by atoms with Gasteiger partial charge in [0, 0.05) is 20.0 Å². The fourth-order valence-electron chi connectivity index (χ4n) is 3.79. The van der Waals surface area contributed by atoms with Crippen molar-refractivity contribution in [3.63, 3.8) is 0 Å². The van der Waals surface area contributed by atoms with Crippen LogP contribution >= 0.6 is 0 Å². The Kier molecular flexibility index (Phi) is 6.37. The maximum absolute atomic E-state index is 11.9. The van der Waals surface area contributed by atoms with Crippen molar-refractivity contribution in [1.82, 2.24) is 0 Å². The molecule has 0 aromatic heterocycles. The predicted molar refractivity (Wildman–Crippen MR) is 87.2 cm³/mol. The van der Waals surface area contributed by atoms with Gasteiger partial charge in [-0.15, -0.1) is 6.58 Å². The lowest BCUT2D eigenvalue weighted by molar-refractivity contribution is -0.178. The number of Topliss-reactive ketones (excluding diaryl/α,β-unsaturated/α-hetero) is 1. The van der Waals surface area contributed by atoms with Crippen LogP contribution in [0.25, 0.3) is 0 Å². The molecule has 1 aliphatic heterocycles. The molecule has 0 aromatic rings. The molecule has 5 atom stereocenters. The minimum Gasteiger partial charge on any atom is -0.378 e. The van der Waals surface area contributed by atoms with E-state index in [-0.39, 0.29) is 30.3 Å². The van der Waals surface area contributed by atoms with Crippen LogP contribution in [-0.4, -0.2) is 49.7 Å². The summed E-state index contributed by atoms with van der Waals surface area (Å²) in [5.74, 6) is -0.168. The molecule has 0 N–H and O–H groups in total. The van der Waals surface area contributed by atoms with Crippen molar-refractivity contribution in [3.8, 4) is 0 Å². The van der Waals surface area contributed by atoms with Gasteiger partial charge in [0.2, 0.25) is 0 Å². The number of hydrogen-bond acceptors (Lipinski definition) is 5. The Morgan fingerprint density at radius 3 is 2.65 bits per heavy atom. The lowest BCUT2D eigenvalue weighted by atomic mass is 9.81. The first-order chi connectivity index (χ1) is 10.9. The zero-order valence-electron chi connectivity index (χ0n) is 14.7. The van der Waals surface area contributed by atoms with Crippen molar-refractivity contribution in [2.24, 2.45) is 5.92 Å². The Bertz CT molecular complexity index is 420. The number of carbonyl (C=O) groups excluding carboxylic acids is 1. The Balaban J connectivity index is 2.17. The van der Waals surface area contributed by atoms with E-state index < -0.39 is 5.79 Å². The number of carbonyl (C=O) groups is 1. The molecule has 2 rings (SSSR count). The zero-order chi connectivity index (χ0) is 17.0. The minimum absolute atomic E-state index is 0.100. The summed E-state index contributed by atoms with van der Waals surface area (Å²) < 4.78 is 23.7. The first-order valence-corrected chi connectivity index (χ1v) is 8.50.